The van der Waals surface area contributed by atoms with Gasteiger partial charge in [-0.1, -0.05) is 0 Å². The Hall–Kier alpha value is -2.06. The quantitative estimate of drug-likeness (QED) is 0.743. The summed E-state index contributed by atoms with van der Waals surface area (Å²) in [6.45, 7) is 3.71. The third-order valence-electron chi connectivity index (χ3n) is 2.86. The molecule has 0 aromatic carbocycles. The Morgan fingerprint density at radius 1 is 1.33 bits per heavy atom. The molecule has 3 rings (SSSR count). The fourth-order valence-corrected chi connectivity index (χ4v) is 3.94. The SMILES string of the molecule is Cc1cnnc(Sc2ncnc3sc(C(=O)O)c(C)c23)c1. The van der Waals surface area contributed by atoms with Crippen LogP contribution in [0.1, 0.15) is 20.8 Å². The third-order valence-corrected chi connectivity index (χ3v) is 4.96. The average molecular weight is 318 g/mol. The number of nitrogens with zero attached hydrogens (tertiary/aromatic N) is 4. The molecule has 0 amide bonds. The summed E-state index contributed by atoms with van der Waals surface area (Å²) in [4.78, 5) is 20.6. The maximum Gasteiger partial charge on any atom is 0.346 e. The van der Waals surface area contributed by atoms with Crippen LogP contribution in [0.2, 0.25) is 0 Å². The largest absolute Gasteiger partial charge is 0.477 e. The first-order valence-corrected chi connectivity index (χ1v) is 7.64. The Bertz CT molecular complexity index is 847. The summed E-state index contributed by atoms with van der Waals surface area (Å²) in [7, 11) is 0. The number of aryl methyl sites for hydroxylation is 2. The number of carboxylic acid groups (broad SMARTS) is 1. The molecule has 0 aliphatic rings. The normalized spacial score (nSPS) is 11.0. The Labute approximate surface area is 128 Å². The molecule has 21 heavy (non-hydrogen) atoms. The monoisotopic (exact) mass is 318 g/mol. The van der Waals surface area contributed by atoms with Crippen molar-refractivity contribution in [3.63, 3.8) is 0 Å². The van der Waals surface area contributed by atoms with E-state index in [0.717, 1.165) is 27.3 Å². The highest BCUT2D eigenvalue weighted by Crippen LogP contribution is 2.37. The van der Waals surface area contributed by atoms with Gasteiger partial charge in [0.15, 0.2) is 0 Å². The van der Waals surface area contributed by atoms with Crippen LogP contribution in [0.25, 0.3) is 10.2 Å². The number of aromatic nitrogens is 4. The molecule has 0 atom stereocenters. The van der Waals surface area contributed by atoms with E-state index < -0.39 is 5.97 Å². The predicted octanol–water partition coefficient (Wildman–Crippen LogP) is 2.95. The third kappa shape index (κ3) is 2.59. The van der Waals surface area contributed by atoms with Crippen molar-refractivity contribution >= 4 is 39.3 Å². The van der Waals surface area contributed by atoms with Gasteiger partial charge < -0.3 is 5.11 Å². The highest BCUT2D eigenvalue weighted by atomic mass is 32.2. The van der Waals surface area contributed by atoms with E-state index in [2.05, 4.69) is 20.2 Å². The number of carboxylic acids is 1. The van der Waals surface area contributed by atoms with Crippen molar-refractivity contribution < 1.29 is 9.90 Å². The summed E-state index contributed by atoms with van der Waals surface area (Å²) >= 11 is 2.52. The lowest BCUT2D eigenvalue weighted by Crippen LogP contribution is -1.94. The van der Waals surface area contributed by atoms with Gasteiger partial charge >= 0.3 is 5.97 Å². The number of hydrogen-bond donors (Lipinski definition) is 1. The Kier molecular flexibility index (Phi) is 3.56. The lowest BCUT2D eigenvalue weighted by Gasteiger charge is -2.02. The van der Waals surface area contributed by atoms with Crippen LogP contribution in [-0.4, -0.2) is 31.2 Å². The van der Waals surface area contributed by atoms with Gasteiger partial charge in [-0.05, 0) is 42.8 Å². The number of carbonyl (C=O) groups is 1. The van der Waals surface area contributed by atoms with Crippen LogP contribution in [0.4, 0.5) is 0 Å². The first-order valence-electron chi connectivity index (χ1n) is 6.01. The Morgan fingerprint density at radius 3 is 2.86 bits per heavy atom. The van der Waals surface area contributed by atoms with E-state index in [1.165, 1.54) is 18.1 Å². The predicted molar refractivity (Wildman–Crippen MR) is 80.0 cm³/mol. The summed E-state index contributed by atoms with van der Waals surface area (Å²) in [6, 6.07) is 1.91. The van der Waals surface area contributed by atoms with Crippen LogP contribution in [0.5, 0.6) is 0 Å². The second kappa shape index (κ2) is 5.38. The van der Waals surface area contributed by atoms with Gasteiger partial charge in [0.2, 0.25) is 0 Å². The van der Waals surface area contributed by atoms with Crippen molar-refractivity contribution in [3.8, 4) is 0 Å². The van der Waals surface area contributed by atoms with Crippen molar-refractivity contribution in [2.24, 2.45) is 0 Å². The van der Waals surface area contributed by atoms with E-state index in [-0.39, 0.29) is 0 Å². The lowest BCUT2D eigenvalue weighted by molar-refractivity contribution is 0.0701. The molecular weight excluding hydrogens is 308 g/mol. The molecule has 0 radical (unpaired) electrons. The molecule has 6 nitrogen and oxygen atoms in total. The van der Waals surface area contributed by atoms with E-state index in [1.54, 1.807) is 13.1 Å². The van der Waals surface area contributed by atoms with E-state index >= 15 is 0 Å². The molecule has 0 bridgehead atoms. The zero-order chi connectivity index (χ0) is 15.0. The number of aromatic carboxylic acids is 1. The fraction of sp³-hybridized carbons (Fsp3) is 0.154. The standard InChI is InChI=1S/C13H10N4O2S2/c1-6-3-8(17-16-4-6)20-11-9-7(2)10(13(18)19)21-12(9)15-5-14-11/h3-5H,1-2H3,(H,18,19). The van der Waals surface area contributed by atoms with Crippen LogP contribution in [-0.2, 0) is 0 Å². The van der Waals surface area contributed by atoms with Crippen LogP contribution in [0, 0.1) is 13.8 Å². The molecule has 0 unspecified atom stereocenters. The summed E-state index contributed by atoms with van der Waals surface area (Å²) in [6.07, 6.45) is 3.12. The van der Waals surface area contributed by atoms with Crippen LogP contribution < -0.4 is 0 Å². The number of hydrogen-bond acceptors (Lipinski definition) is 7. The zero-order valence-electron chi connectivity index (χ0n) is 11.2. The second-order valence-corrected chi connectivity index (χ2v) is 6.40. The summed E-state index contributed by atoms with van der Waals surface area (Å²) in [5.41, 5.74) is 1.69. The number of thiophene rings is 1. The molecule has 0 saturated heterocycles. The minimum absolute atomic E-state index is 0.294. The molecule has 0 aliphatic carbocycles. The van der Waals surface area contributed by atoms with E-state index in [0.29, 0.717) is 20.3 Å². The summed E-state index contributed by atoms with van der Waals surface area (Å²) in [5.74, 6) is -0.943. The van der Waals surface area contributed by atoms with Gasteiger partial charge in [-0.25, -0.2) is 14.8 Å². The first kappa shape index (κ1) is 13.9. The average Bonchev–Trinajstić information content (AvgIpc) is 2.77. The van der Waals surface area contributed by atoms with Crippen molar-refractivity contribution in [1.29, 1.82) is 0 Å². The van der Waals surface area contributed by atoms with Crippen molar-refractivity contribution in [2.45, 2.75) is 23.9 Å². The maximum atomic E-state index is 11.2. The van der Waals surface area contributed by atoms with Gasteiger partial charge in [-0.3, -0.25) is 0 Å². The topological polar surface area (TPSA) is 88.9 Å². The van der Waals surface area contributed by atoms with Crippen molar-refractivity contribution in [2.75, 3.05) is 0 Å². The van der Waals surface area contributed by atoms with Gasteiger partial charge in [-0.15, -0.1) is 16.4 Å². The van der Waals surface area contributed by atoms with Gasteiger partial charge in [0.1, 0.15) is 26.1 Å². The minimum Gasteiger partial charge on any atom is -0.477 e. The van der Waals surface area contributed by atoms with E-state index in [1.807, 2.05) is 13.0 Å². The van der Waals surface area contributed by atoms with E-state index in [4.69, 9.17) is 0 Å². The van der Waals surface area contributed by atoms with Crippen LogP contribution in [0.3, 0.4) is 0 Å². The van der Waals surface area contributed by atoms with Crippen molar-refractivity contribution in [1.82, 2.24) is 20.2 Å². The number of rotatable bonds is 3. The molecule has 8 heteroatoms. The highest BCUT2D eigenvalue weighted by Gasteiger charge is 2.19. The first-order chi connectivity index (χ1) is 10.1. The van der Waals surface area contributed by atoms with Crippen molar-refractivity contribution in [3.05, 3.63) is 34.6 Å². The second-order valence-electron chi connectivity index (χ2n) is 4.39. The van der Waals surface area contributed by atoms with Gasteiger partial charge in [0, 0.05) is 5.39 Å². The minimum atomic E-state index is -0.943. The van der Waals surface area contributed by atoms with Gasteiger partial charge in [0.05, 0.1) is 6.20 Å². The highest BCUT2D eigenvalue weighted by molar-refractivity contribution is 7.99. The molecule has 0 aliphatic heterocycles. The number of fused-ring (bicyclic) bond motifs is 1. The summed E-state index contributed by atoms with van der Waals surface area (Å²) < 4.78 is 0. The lowest BCUT2D eigenvalue weighted by atomic mass is 10.2. The molecule has 1 N–H and O–H groups in total. The molecule has 0 fully saturated rings. The zero-order valence-corrected chi connectivity index (χ0v) is 12.8. The smallest absolute Gasteiger partial charge is 0.346 e. The van der Waals surface area contributed by atoms with Crippen LogP contribution in [0.15, 0.2) is 28.6 Å². The molecule has 3 heterocycles. The molecule has 106 valence electrons. The van der Waals surface area contributed by atoms with Gasteiger partial charge in [-0.2, -0.15) is 5.10 Å². The van der Waals surface area contributed by atoms with E-state index in [9.17, 15) is 9.90 Å². The fourth-order valence-electron chi connectivity index (χ4n) is 1.91. The Morgan fingerprint density at radius 2 is 2.14 bits per heavy atom. The van der Waals surface area contributed by atoms with Gasteiger partial charge in [0.25, 0.3) is 0 Å². The molecular formula is C13H10N4O2S2. The molecule has 3 aromatic heterocycles. The Balaban J connectivity index is 2.12. The molecule has 3 aromatic rings. The summed E-state index contributed by atoms with van der Waals surface area (Å²) in [5, 5.41) is 19.4. The maximum absolute atomic E-state index is 11.2. The van der Waals surface area contributed by atoms with Crippen LogP contribution >= 0.6 is 23.1 Å². The molecule has 0 spiro atoms. The molecule has 0 saturated carbocycles.